The van der Waals surface area contributed by atoms with Crippen molar-refractivity contribution in [1.82, 2.24) is 4.90 Å². The largest absolute Gasteiger partial charge is 0.481 e. The van der Waals surface area contributed by atoms with Crippen LogP contribution in [0, 0.1) is 5.41 Å². The highest BCUT2D eigenvalue weighted by molar-refractivity contribution is 5.94. The molecule has 1 saturated heterocycles. The van der Waals surface area contributed by atoms with Crippen LogP contribution in [0.5, 0.6) is 0 Å². The maximum atomic E-state index is 12.2. The monoisotopic (exact) mass is 320 g/mol. The molecular formula is C16H20N2O5. The number of nitrogens with one attached hydrogen (secondary N) is 1. The molecule has 2 amide bonds. The molecule has 1 aromatic rings. The summed E-state index contributed by atoms with van der Waals surface area (Å²) in [4.78, 5) is 36.6. The molecule has 1 unspecified atom stereocenters. The molecule has 1 fully saturated rings. The summed E-state index contributed by atoms with van der Waals surface area (Å²) in [5.74, 6) is -1.36. The standard InChI is InChI=1S/C16H20N2O5/c1-3-23-13(19)11-5-4-6-12(9-11)17-15(22)18-8-7-16(2,10-18)14(20)21/h4-6,9H,3,7-8,10H2,1-2H3,(H,17,22)(H,20,21). The Labute approximate surface area is 134 Å². The zero-order valence-electron chi connectivity index (χ0n) is 13.2. The Balaban J connectivity index is 2.03. The Bertz CT molecular complexity index is 631. The molecule has 0 radical (unpaired) electrons. The number of carboxylic acids is 1. The predicted molar refractivity (Wildman–Crippen MR) is 83.4 cm³/mol. The Morgan fingerprint density at radius 2 is 2.13 bits per heavy atom. The molecule has 1 aliphatic heterocycles. The minimum atomic E-state index is -0.913. The lowest BCUT2D eigenvalue weighted by Gasteiger charge is -2.20. The molecule has 1 atom stereocenters. The van der Waals surface area contributed by atoms with Crippen LogP contribution in [-0.4, -0.2) is 47.7 Å². The molecule has 1 heterocycles. The van der Waals surface area contributed by atoms with E-state index in [-0.39, 0.29) is 19.2 Å². The average Bonchev–Trinajstić information content (AvgIpc) is 2.92. The van der Waals surface area contributed by atoms with Crippen LogP contribution in [-0.2, 0) is 9.53 Å². The highest BCUT2D eigenvalue weighted by atomic mass is 16.5. The van der Waals surface area contributed by atoms with E-state index < -0.39 is 17.4 Å². The number of esters is 1. The van der Waals surface area contributed by atoms with Gasteiger partial charge in [0.1, 0.15) is 0 Å². The van der Waals surface area contributed by atoms with Crippen LogP contribution < -0.4 is 5.32 Å². The van der Waals surface area contributed by atoms with E-state index in [1.54, 1.807) is 32.0 Å². The summed E-state index contributed by atoms with van der Waals surface area (Å²) >= 11 is 0. The summed E-state index contributed by atoms with van der Waals surface area (Å²) in [5, 5.41) is 11.9. The average molecular weight is 320 g/mol. The molecule has 0 aliphatic carbocycles. The van der Waals surface area contributed by atoms with Crippen LogP contribution in [0.1, 0.15) is 30.6 Å². The number of carboxylic acid groups (broad SMARTS) is 1. The van der Waals surface area contributed by atoms with Crippen molar-refractivity contribution in [3.8, 4) is 0 Å². The normalized spacial score (nSPS) is 20.2. The van der Waals surface area contributed by atoms with Gasteiger partial charge in [-0.1, -0.05) is 6.07 Å². The van der Waals surface area contributed by atoms with Gasteiger partial charge in [-0.2, -0.15) is 0 Å². The van der Waals surface area contributed by atoms with Crippen LogP contribution in [0.25, 0.3) is 0 Å². The Morgan fingerprint density at radius 3 is 2.74 bits per heavy atom. The van der Waals surface area contributed by atoms with Crippen molar-refractivity contribution in [3.05, 3.63) is 29.8 Å². The lowest BCUT2D eigenvalue weighted by Crippen LogP contribution is -2.37. The third-order valence-corrected chi connectivity index (χ3v) is 3.90. The summed E-state index contributed by atoms with van der Waals surface area (Å²) < 4.78 is 4.91. The number of likely N-dealkylation sites (tertiary alicyclic amines) is 1. The first-order valence-corrected chi connectivity index (χ1v) is 7.42. The first-order valence-electron chi connectivity index (χ1n) is 7.42. The van der Waals surface area contributed by atoms with E-state index in [2.05, 4.69) is 5.32 Å². The van der Waals surface area contributed by atoms with Gasteiger partial charge in [-0.05, 0) is 38.5 Å². The molecule has 0 bridgehead atoms. The molecule has 0 spiro atoms. The number of urea groups is 1. The van der Waals surface area contributed by atoms with Crippen molar-refractivity contribution in [2.24, 2.45) is 5.41 Å². The van der Waals surface area contributed by atoms with Crippen LogP contribution in [0.3, 0.4) is 0 Å². The molecule has 0 aromatic heterocycles. The van der Waals surface area contributed by atoms with E-state index >= 15 is 0 Å². The van der Waals surface area contributed by atoms with Crippen molar-refractivity contribution in [3.63, 3.8) is 0 Å². The van der Waals surface area contributed by atoms with Gasteiger partial charge < -0.3 is 20.1 Å². The quantitative estimate of drug-likeness (QED) is 0.829. The molecule has 2 N–H and O–H groups in total. The summed E-state index contributed by atoms with van der Waals surface area (Å²) in [6.07, 6.45) is 0.415. The van der Waals surface area contributed by atoms with Crippen molar-refractivity contribution in [1.29, 1.82) is 0 Å². The molecule has 7 nitrogen and oxygen atoms in total. The second-order valence-electron chi connectivity index (χ2n) is 5.77. The zero-order chi connectivity index (χ0) is 17.0. The van der Waals surface area contributed by atoms with Gasteiger partial charge in [0.2, 0.25) is 0 Å². The zero-order valence-corrected chi connectivity index (χ0v) is 13.2. The van der Waals surface area contributed by atoms with Crippen LogP contribution in [0.2, 0.25) is 0 Å². The lowest BCUT2D eigenvalue weighted by atomic mass is 9.90. The third-order valence-electron chi connectivity index (χ3n) is 3.90. The van der Waals surface area contributed by atoms with Gasteiger partial charge in [0, 0.05) is 18.8 Å². The Hall–Kier alpha value is -2.57. The first-order chi connectivity index (χ1) is 10.9. The van der Waals surface area contributed by atoms with Gasteiger partial charge in [0.25, 0.3) is 0 Å². The molecule has 1 aromatic carbocycles. The maximum Gasteiger partial charge on any atom is 0.338 e. The number of amides is 2. The number of rotatable bonds is 4. The SMILES string of the molecule is CCOC(=O)c1cccc(NC(=O)N2CCC(C)(C(=O)O)C2)c1. The fourth-order valence-corrected chi connectivity index (χ4v) is 2.45. The van der Waals surface area contributed by atoms with E-state index in [9.17, 15) is 19.5 Å². The van der Waals surface area contributed by atoms with E-state index in [0.29, 0.717) is 24.2 Å². The van der Waals surface area contributed by atoms with Crippen molar-refractivity contribution < 1.29 is 24.2 Å². The fraction of sp³-hybridized carbons (Fsp3) is 0.438. The van der Waals surface area contributed by atoms with Gasteiger partial charge >= 0.3 is 18.0 Å². The summed E-state index contributed by atoms with van der Waals surface area (Å²) in [5.41, 5.74) is -0.102. The van der Waals surface area contributed by atoms with Crippen molar-refractivity contribution in [2.75, 3.05) is 25.0 Å². The van der Waals surface area contributed by atoms with Crippen LogP contribution in [0.4, 0.5) is 10.5 Å². The smallest absolute Gasteiger partial charge is 0.338 e. The molecule has 7 heteroatoms. The number of hydrogen-bond donors (Lipinski definition) is 2. The van der Waals surface area contributed by atoms with Gasteiger partial charge in [0.05, 0.1) is 17.6 Å². The summed E-state index contributed by atoms with van der Waals surface area (Å²) in [6, 6.07) is 6.06. The molecule has 1 aliphatic rings. The molecule has 0 saturated carbocycles. The van der Waals surface area contributed by atoms with E-state index in [4.69, 9.17) is 4.74 Å². The van der Waals surface area contributed by atoms with Crippen LogP contribution >= 0.6 is 0 Å². The number of aliphatic carboxylic acids is 1. The van der Waals surface area contributed by atoms with Crippen molar-refractivity contribution in [2.45, 2.75) is 20.3 Å². The minimum absolute atomic E-state index is 0.158. The second kappa shape index (κ2) is 6.68. The number of benzene rings is 1. The van der Waals surface area contributed by atoms with E-state index in [1.807, 2.05) is 0 Å². The molecule has 124 valence electrons. The van der Waals surface area contributed by atoms with Crippen LogP contribution in [0.15, 0.2) is 24.3 Å². The topological polar surface area (TPSA) is 95.9 Å². The van der Waals surface area contributed by atoms with Crippen molar-refractivity contribution >= 4 is 23.7 Å². The lowest BCUT2D eigenvalue weighted by molar-refractivity contribution is -0.146. The van der Waals surface area contributed by atoms with E-state index in [0.717, 1.165) is 0 Å². The third kappa shape index (κ3) is 3.80. The Morgan fingerprint density at radius 1 is 1.39 bits per heavy atom. The highest BCUT2D eigenvalue weighted by Gasteiger charge is 2.42. The van der Waals surface area contributed by atoms with Gasteiger partial charge in [-0.3, -0.25) is 4.79 Å². The number of ether oxygens (including phenoxy) is 1. The number of nitrogens with zero attached hydrogens (tertiary/aromatic N) is 1. The minimum Gasteiger partial charge on any atom is -0.481 e. The number of carbonyl (C=O) groups is 3. The second-order valence-corrected chi connectivity index (χ2v) is 5.77. The summed E-state index contributed by atoms with van der Waals surface area (Å²) in [6.45, 7) is 4.16. The maximum absolute atomic E-state index is 12.2. The predicted octanol–water partition coefficient (Wildman–Crippen LogP) is 2.19. The molecular weight excluding hydrogens is 300 g/mol. The summed E-state index contributed by atoms with van der Waals surface area (Å²) in [7, 11) is 0. The van der Waals surface area contributed by atoms with Gasteiger partial charge in [-0.25, -0.2) is 9.59 Å². The number of hydrogen-bond acceptors (Lipinski definition) is 4. The molecule has 2 rings (SSSR count). The fourth-order valence-electron chi connectivity index (χ4n) is 2.45. The first kappa shape index (κ1) is 16.8. The van der Waals surface area contributed by atoms with Gasteiger partial charge in [-0.15, -0.1) is 0 Å². The number of anilines is 1. The highest BCUT2D eigenvalue weighted by Crippen LogP contribution is 2.30. The van der Waals surface area contributed by atoms with Gasteiger partial charge in [0.15, 0.2) is 0 Å². The Kier molecular flexibility index (Phi) is 4.88. The molecule has 23 heavy (non-hydrogen) atoms. The number of carbonyl (C=O) groups excluding carboxylic acids is 2. The van der Waals surface area contributed by atoms with E-state index in [1.165, 1.54) is 11.0 Å².